The van der Waals surface area contributed by atoms with Crippen LogP contribution in [0.15, 0.2) is 45.6 Å². The number of fused-ring (bicyclic) bond motifs is 1. The van der Waals surface area contributed by atoms with Gasteiger partial charge in [-0.2, -0.15) is 0 Å². The summed E-state index contributed by atoms with van der Waals surface area (Å²) in [5.74, 6) is 0.131. The van der Waals surface area contributed by atoms with Crippen LogP contribution in [-0.4, -0.2) is 42.6 Å². The first-order chi connectivity index (χ1) is 13.0. The molecule has 3 heterocycles. The van der Waals surface area contributed by atoms with Crippen molar-refractivity contribution in [1.29, 1.82) is 0 Å². The molecule has 7 heteroatoms. The van der Waals surface area contributed by atoms with Crippen molar-refractivity contribution in [2.45, 2.75) is 31.5 Å². The SMILES string of the molecule is Cc1cc(=O)cc(C(=O)N[C@H]2C[C@H]3CO[C@@H](c4ccc(Cl)cc4)CN3C2)o1. The third-order valence-corrected chi connectivity index (χ3v) is 5.36. The molecule has 2 fully saturated rings. The smallest absolute Gasteiger partial charge is 0.287 e. The van der Waals surface area contributed by atoms with Gasteiger partial charge in [0.15, 0.2) is 11.2 Å². The van der Waals surface area contributed by atoms with Gasteiger partial charge in [0.1, 0.15) is 5.76 Å². The molecule has 1 N–H and O–H groups in total. The molecular weight excluding hydrogens is 368 g/mol. The summed E-state index contributed by atoms with van der Waals surface area (Å²) in [6, 6.07) is 10.6. The van der Waals surface area contributed by atoms with Gasteiger partial charge in [-0.1, -0.05) is 23.7 Å². The summed E-state index contributed by atoms with van der Waals surface area (Å²) in [4.78, 5) is 26.3. The Morgan fingerprint density at radius 1 is 1.22 bits per heavy atom. The molecule has 0 aliphatic carbocycles. The van der Waals surface area contributed by atoms with E-state index in [0.717, 1.165) is 25.1 Å². The molecule has 0 bridgehead atoms. The van der Waals surface area contributed by atoms with E-state index in [4.69, 9.17) is 20.8 Å². The second kappa shape index (κ2) is 7.46. The average Bonchev–Trinajstić information content (AvgIpc) is 3.02. The van der Waals surface area contributed by atoms with Crippen LogP contribution in [0.4, 0.5) is 0 Å². The van der Waals surface area contributed by atoms with Gasteiger partial charge in [0.05, 0.1) is 12.7 Å². The molecule has 0 radical (unpaired) electrons. The Bertz CT molecular complexity index is 896. The molecule has 3 atom stereocenters. The van der Waals surface area contributed by atoms with Crippen molar-refractivity contribution < 1.29 is 13.9 Å². The minimum absolute atomic E-state index is 0.000817. The number of aryl methyl sites for hydroxylation is 1. The zero-order chi connectivity index (χ0) is 19.0. The molecule has 0 spiro atoms. The van der Waals surface area contributed by atoms with Crippen molar-refractivity contribution >= 4 is 17.5 Å². The summed E-state index contributed by atoms with van der Waals surface area (Å²) in [6.07, 6.45) is 0.817. The van der Waals surface area contributed by atoms with Crippen LogP contribution in [0.25, 0.3) is 0 Å². The lowest BCUT2D eigenvalue weighted by Gasteiger charge is -2.35. The van der Waals surface area contributed by atoms with E-state index in [1.165, 1.54) is 12.1 Å². The lowest BCUT2D eigenvalue weighted by molar-refractivity contribution is -0.0502. The van der Waals surface area contributed by atoms with Crippen LogP contribution in [0.1, 0.15) is 34.4 Å². The molecule has 0 saturated carbocycles. The number of carbonyl (C=O) groups excluding carboxylic acids is 1. The van der Waals surface area contributed by atoms with Crippen LogP contribution in [0.3, 0.4) is 0 Å². The van der Waals surface area contributed by atoms with Crippen LogP contribution in [-0.2, 0) is 4.74 Å². The van der Waals surface area contributed by atoms with E-state index in [9.17, 15) is 9.59 Å². The zero-order valence-electron chi connectivity index (χ0n) is 15.0. The highest BCUT2D eigenvalue weighted by Crippen LogP contribution is 2.30. The summed E-state index contributed by atoms with van der Waals surface area (Å²) in [7, 11) is 0. The predicted molar refractivity (Wildman–Crippen MR) is 101 cm³/mol. The lowest BCUT2D eigenvalue weighted by Crippen LogP contribution is -2.43. The molecule has 1 aromatic carbocycles. The van der Waals surface area contributed by atoms with Crippen LogP contribution >= 0.6 is 11.6 Å². The van der Waals surface area contributed by atoms with Gasteiger partial charge in [-0.25, -0.2) is 0 Å². The Morgan fingerprint density at radius 3 is 2.74 bits per heavy atom. The Hall–Kier alpha value is -2.15. The lowest BCUT2D eigenvalue weighted by atomic mass is 10.1. The van der Waals surface area contributed by atoms with Crippen LogP contribution in [0.5, 0.6) is 0 Å². The quantitative estimate of drug-likeness (QED) is 0.874. The number of ether oxygens (including phenoxy) is 1. The molecular formula is C20H21ClN2O4. The second-order valence-electron chi connectivity index (χ2n) is 7.16. The number of hydrogen-bond donors (Lipinski definition) is 1. The number of rotatable bonds is 3. The number of hydrogen-bond acceptors (Lipinski definition) is 5. The molecule has 142 valence electrons. The first kappa shape index (κ1) is 18.2. The van der Waals surface area contributed by atoms with Crippen LogP contribution in [0, 0.1) is 6.92 Å². The Kier molecular flexibility index (Phi) is 5.04. The largest absolute Gasteiger partial charge is 0.456 e. The first-order valence-electron chi connectivity index (χ1n) is 9.02. The average molecular weight is 389 g/mol. The van der Waals surface area contributed by atoms with Crippen molar-refractivity contribution in [2.75, 3.05) is 19.7 Å². The number of carbonyl (C=O) groups is 1. The maximum absolute atomic E-state index is 12.4. The van der Waals surface area contributed by atoms with Gasteiger partial charge in [-0.3, -0.25) is 14.5 Å². The molecule has 0 unspecified atom stereocenters. The number of benzene rings is 1. The monoisotopic (exact) mass is 388 g/mol. The van der Waals surface area contributed by atoms with E-state index in [1.54, 1.807) is 6.92 Å². The van der Waals surface area contributed by atoms with Gasteiger partial charge in [-0.15, -0.1) is 0 Å². The number of morpholine rings is 1. The van der Waals surface area contributed by atoms with E-state index in [-0.39, 0.29) is 35.3 Å². The summed E-state index contributed by atoms with van der Waals surface area (Å²) in [5.41, 5.74) is 0.874. The van der Waals surface area contributed by atoms with Crippen LogP contribution < -0.4 is 10.7 Å². The summed E-state index contributed by atoms with van der Waals surface area (Å²) in [6.45, 7) is 3.81. The van der Waals surface area contributed by atoms with Crippen molar-refractivity contribution in [3.05, 3.63) is 68.7 Å². The fourth-order valence-corrected chi connectivity index (χ4v) is 3.96. The van der Waals surface area contributed by atoms with Crippen LogP contribution in [0.2, 0.25) is 5.02 Å². The molecule has 2 aliphatic rings. The summed E-state index contributed by atoms with van der Waals surface area (Å²) < 4.78 is 11.4. The third-order valence-electron chi connectivity index (χ3n) is 5.11. The Morgan fingerprint density at radius 2 is 2.00 bits per heavy atom. The number of nitrogens with zero attached hydrogens (tertiary/aromatic N) is 1. The van der Waals surface area contributed by atoms with E-state index < -0.39 is 0 Å². The standard InChI is InChI=1S/C20H21ClN2O4/c1-12-6-17(24)8-18(27-12)20(25)22-15-7-16-11-26-19(10-23(16)9-15)13-2-4-14(21)5-3-13/h2-6,8,15-16,19H,7,9-11H2,1H3,(H,22,25)/t15-,16-,19+/m0/s1. The number of amides is 1. The van der Waals surface area contributed by atoms with Crippen molar-refractivity contribution in [2.24, 2.45) is 0 Å². The highest BCUT2D eigenvalue weighted by Gasteiger charge is 2.38. The molecule has 1 amide bonds. The van der Waals surface area contributed by atoms with Crippen molar-refractivity contribution in [3.63, 3.8) is 0 Å². The molecule has 2 aliphatic heterocycles. The topological polar surface area (TPSA) is 71.8 Å². The van der Waals surface area contributed by atoms with Gasteiger partial charge >= 0.3 is 0 Å². The normalized spacial score (nSPS) is 25.2. The van der Waals surface area contributed by atoms with Gasteiger partial charge in [-0.05, 0) is 31.0 Å². The third kappa shape index (κ3) is 4.08. The highest BCUT2D eigenvalue weighted by atomic mass is 35.5. The minimum Gasteiger partial charge on any atom is -0.456 e. The highest BCUT2D eigenvalue weighted by molar-refractivity contribution is 6.30. The Labute approximate surface area is 162 Å². The van der Waals surface area contributed by atoms with Gasteiger partial charge in [0.25, 0.3) is 5.91 Å². The molecule has 4 rings (SSSR count). The number of halogens is 1. The van der Waals surface area contributed by atoms with Crippen molar-refractivity contribution in [1.82, 2.24) is 10.2 Å². The molecule has 2 aromatic rings. The maximum Gasteiger partial charge on any atom is 0.287 e. The molecule has 6 nitrogen and oxygen atoms in total. The fraction of sp³-hybridized carbons (Fsp3) is 0.400. The van der Waals surface area contributed by atoms with Crippen molar-refractivity contribution in [3.8, 4) is 0 Å². The van der Waals surface area contributed by atoms with E-state index in [1.807, 2.05) is 24.3 Å². The minimum atomic E-state index is -0.351. The van der Waals surface area contributed by atoms with E-state index in [2.05, 4.69) is 10.2 Å². The molecule has 2 saturated heterocycles. The fourth-order valence-electron chi connectivity index (χ4n) is 3.83. The maximum atomic E-state index is 12.4. The second-order valence-corrected chi connectivity index (χ2v) is 7.59. The molecule has 1 aromatic heterocycles. The Balaban J connectivity index is 1.39. The van der Waals surface area contributed by atoms with Gasteiger partial charge in [0, 0.05) is 42.3 Å². The van der Waals surface area contributed by atoms with E-state index >= 15 is 0 Å². The molecule has 27 heavy (non-hydrogen) atoms. The predicted octanol–water partition coefficient (Wildman–Crippen LogP) is 2.55. The van der Waals surface area contributed by atoms with Gasteiger partial charge in [0.2, 0.25) is 0 Å². The zero-order valence-corrected chi connectivity index (χ0v) is 15.7. The number of nitrogens with one attached hydrogen (secondary N) is 1. The first-order valence-corrected chi connectivity index (χ1v) is 9.39. The summed E-state index contributed by atoms with van der Waals surface area (Å²) in [5, 5.41) is 3.69. The van der Waals surface area contributed by atoms with E-state index in [0.29, 0.717) is 17.4 Å². The van der Waals surface area contributed by atoms with Gasteiger partial charge < -0.3 is 14.5 Å². The summed E-state index contributed by atoms with van der Waals surface area (Å²) >= 11 is 5.96.